The molecule has 1 atom stereocenters. The molecule has 1 N–H and O–H groups in total. The third kappa shape index (κ3) is 2.39. The smallest absolute Gasteiger partial charge is 0.216 e. The number of allylic oxidation sites excluding steroid dienone is 2. The maximum atomic E-state index is 5.20. The molecule has 3 rings (SSSR count). The molecule has 17 heavy (non-hydrogen) atoms. The van der Waals surface area contributed by atoms with Crippen LogP contribution in [0, 0.1) is 10.7 Å². The summed E-state index contributed by atoms with van der Waals surface area (Å²) in [4.78, 5) is 0. The average Bonchev–Trinajstić information content (AvgIpc) is 3.13. The highest BCUT2D eigenvalue weighted by Crippen LogP contribution is 2.38. The fourth-order valence-corrected chi connectivity index (χ4v) is 2.32. The fraction of sp³-hybridized carbons (Fsp3) is 0.583. The van der Waals surface area contributed by atoms with Gasteiger partial charge in [0.25, 0.3) is 0 Å². The van der Waals surface area contributed by atoms with Crippen molar-refractivity contribution < 1.29 is 0 Å². The van der Waals surface area contributed by atoms with Crippen LogP contribution in [0.5, 0.6) is 0 Å². The predicted molar refractivity (Wildman–Crippen MR) is 69.8 cm³/mol. The van der Waals surface area contributed by atoms with Gasteiger partial charge < -0.3 is 0 Å². The maximum Gasteiger partial charge on any atom is 0.216 e. The van der Waals surface area contributed by atoms with Crippen molar-refractivity contribution in [1.29, 1.82) is 0 Å². The van der Waals surface area contributed by atoms with Crippen molar-refractivity contribution in [3.05, 3.63) is 22.7 Å². The van der Waals surface area contributed by atoms with Gasteiger partial charge >= 0.3 is 0 Å². The first-order valence-corrected chi connectivity index (χ1v) is 6.62. The predicted octanol–water partition coefficient (Wildman–Crippen LogP) is 3.01. The van der Waals surface area contributed by atoms with Crippen LogP contribution in [0.25, 0.3) is 0 Å². The van der Waals surface area contributed by atoms with E-state index in [9.17, 15) is 0 Å². The van der Waals surface area contributed by atoms with Gasteiger partial charge in [0.15, 0.2) is 5.82 Å². The monoisotopic (exact) mass is 248 g/mol. The van der Waals surface area contributed by atoms with Crippen LogP contribution in [-0.2, 0) is 0 Å². The van der Waals surface area contributed by atoms with Crippen molar-refractivity contribution in [3.63, 3.8) is 0 Å². The SMILES string of the molecule is S=c1[nH]nc(C2CC2)n1/N=C\[C@H]1CC=CCC1. The molecule has 1 saturated carbocycles. The van der Waals surface area contributed by atoms with Crippen molar-refractivity contribution in [1.82, 2.24) is 14.9 Å². The van der Waals surface area contributed by atoms with Crippen molar-refractivity contribution >= 4 is 18.4 Å². The molecule has 1 fully saturated rings. The molecule has 0 unspecified atom stereocenters. The molecule has 2 aliphatic rings. The van der Waals surface area contributed by atoms with E-state index in [0.717, 1.165) is 18.7 Å². The Kier molecular flexibility index (Phi) is 2.93. The molecule has 0 saturated heterocycles. The van der Waals surface area contributed by atoms with E-state index >= 15 is 0 Å². The molecule has 0 bridgehead atoms. The summed E-state index contributed by atoms with van der Waals surface area (Å²) in [5.74, 6) is 2.10. The molecule has 0 aromatic carbocycles. The summed E-state index contributed by atoms with van der Waals surface area (Å²) < 4.78 is 2.40. The van der Waals surface area contributed by atoms with Crippen LogP contribution in [0.15, 0.2) is 17.3 Å². The average molecular weight is 248 g/mol. The molecule has 5 heteroatoms. The number of nitrogens with zero attached hydrogens (tertiary/aromatic N) is 3. The van der Waals surface area contributed by atoms with E-state index in [1.54, 1.807) is 4.68 Å². The third-order valence-electron chi connectivity index (χ3n) is 3.32. The Morgan fingerprint density at radius 3 is 3.00 bits per heavy atom. The maximum absolute atomic E-state index is 5.20. The van der Waals surface area contributed by atoms with Crippen molar-refractivity contribution in [2.24, 2.45) is 11.0 Å². The highest BCUT2D eigenvalue weighted by Gasteiger charge is 2.29. The number of nitrogens with one attached hydrogen (secondary N) is 1. The van der Waals surface area contributed by atoms with Gasteiger partial charge in [0.2, 0.25) is 4.77 Å². The fourth-order valence-electron chi connectivity index (χ4n) is 2.13. The number of hydrogen-bond acceptors (Lipinski definition) is 3. The quantitative estimate of drug-likeness (QED) is 0.508. The minimum Gasteiger partial charge on any atom is -0.250 e. The van der Waals surface area contributed by atoms with Crippen molar-refractivity contribution in [3.8, 4) is 0 Å². The van der Waals surface area contributed by atoms with Crippen LogP contribution in [0.2, 0.25) is 0 Å². The van der Waals surface area contributed by atoms with E-state index in [1.165, 1.54) is 19.3 Å². The lowest BCUT2D eigenvalue weighted by molar-refractivity contribution is 0.619. The summed E-state index contributed by atoms with van der Waals surface area (Å²) in [5, 5.41) is 11.6. The Balaban J connectivity index is 1.79. The molecule has 0 amide bonds. The molecule has 0 aliphatic heterocycles. The lowest BCUT2D eigenvalue weighted by Crippen LogP contribution is -2.06. The van der Waals surface area contributed by atoms with E-state index in [1.807, 2.05) is 6.21 Å². The summed E-state index contributed by atoms with van der Waals surface area (Å²) in [6, 6.07) is 0. The zero-order chi connectivity index (χ0) is 11.7. The molecule has 2 aliphatic carbocycles. The summed E-state index contributed by atoms with van der Waals surface area (Å²) in [5.41, 5.74) is 0. The largest absolute Gasteiger partial charge is 0.250 e. The molecular formula is C12H16N4S. The van der Waals surface area contributed by atoms with Crippen LogP contribution < -0.4 is 0 Å². The van der Waals surface area contributed by atoms with Crippen LogP contribution in [0.4, 0.5) is 0 Å². The van der Waals surface area contributed by atoms with E-state index < -0.39 is 0 Å². The first-order valence-electron chi connectivity index (χ1n) is 6.21. The molecule has 1 aromatic rings. The molecule has 1 heterocycles. The minimum atomic E-state index is 0.545. The van der Waals surface area contributed by atoms with Gasteiger partial charge in [-0.15, -0.1) is 0 Å². The van der Waals surface area contributed by atoms with Gasteiger partial charge in [0.05, 0.1) is 0 Å². The van der Waals surface area contributed by atoms with E-state index in [-0.39, 0.29) is 0 Å². The second-order valence-corrected chi connectivity index (χ2v) is 5.17. The second-order valence-electron chi connectivity index (χ2n) is 4.78. The zero-order valence-electron chi connectivity index (χ0n) is 9.67. The van der Waals surface area contributed by atoms with Gasteiger partial charge in [-0.05, 0) is 50.2 Å². The summed E-state index contributed by atoms with van der Waals surface area (Å²) in [6.07, 6.45) is 12.4. The Morgan fingerprint density at radius 1 is 1.41 bits per heavy atom. The zero-order valence-corrected chi connectivity index (χ0v) is 10.5. The Bertz CT molecular complexity index is 507. The molecule has 4 nitrogen and oxygen atoms in total. The van der Waals surface area contributed by atoms with Crippen LogP contribution in [-0.4, -0.2) is 21.1 Å². The number of aromatic nitrogens is 3. The molecule has 90 valence electrons. The number of rotatable bonds is 3. The summed E-state index contributed by atoms with van der Waals surface area (Å²) in [7, 11) is 0. The Hall–Kier alpha value is -1.23. The summed E-state index contributed by atoms with van der Waals surface area (Å²) >= 11 is 5.20. The highest BCUT2D eigenvalue weighted by molar-refractivity contribution is 7.71. The van der Waals surface area contributed by atoms with Gasteiger partial charge in [-0.2, -0.15) is 14.9 Å². The molecular weight excluding hydrogens is 232 g/mol. The number of H-pyrrole nitrogens is 1. The van der Waals surface area contributed by atoms with Gasteiger partial charge in [-0.3, -0.25) is 5.10 Å². The minimum absolute atomic E-state index is 0.545. The molecule has 0 radical (unpaired) electrons. The first kappa shape index (κ1) is 10.9. The van der Waals surface area contributed by atoms with Gasteiger partial charge in [0, 0.05) is 12.1 Å². The lowest BCUT2D eigenvalue weighted by Gasteiger charge is -2.11. The van der Waals surface area contributed by atoms with Gasteiger partial charge in [-0.1, -0.05) is 12.2 Å². The third-order valence-corrected chi connectivity index (χ3v) is 3.58. The van der Waals surface area contributed by atoms with E-state index in [4.69, 9.17) is 12.2 Å². The first-order chi connectivity index (χ1) is 8.34. The lowest BCUT2D eigenvalue weighted by atomic mass is 9.96. The van der Waals surface area contributed by atoms with Crippen LogP contribution >= 0.6 is 12.2 Å². The van der Waals surface area contributed by atoms with Gasteiger partial charge in [-0.25, -0.2) is 0 Å². The Morgan fingerprint density at radius 2 is 2.29 bits per heavy atom. The van der Waals surface area contributed by atoms with Crippen molar-refractivity contribution in [2.75, 3.05) is 0 Å². The van der Waals surface area contributed by atoms with Crippen LogP contribution in [0.1, 0.15) is 43.8 Å². The van der Waals surface area contributed by atoms with E-state index in [2.05, 4.69) is 27.5 Å². The Labute approximate surface area is 105 Å². The number of aromatic amines is 1. The topological polar surface area (TPSA) is 46.0 Å². The highest BCUT2D eigenvalue weighted by atomic mass is 32.1. The van der Waals surface area contributed by atoms with Crippen molar-refractivity contribution in [2.45, 2.75) is 38.0 Å². The molecule has 0 spiro atoms. The standard InChI is InChI=1S/C12H16N4S/c17-12-15-14-11(10-6-7-10)16(12)13-8-9-4-2-1-3-5-9/h1-2,8-10H,3-7H2,(H,15,17)/b13-8-/t9-/m0/s1. The summed E-state index contributed by atoms with van der Waals surface area (Å²) in [6.45, 7) is 0. The molecule has 1 aromatic heterocycles. The normalized spacial score (nSPS) is 24.6. The second kappa shape index (κ2) is 4.56. The van der Waals surface area contributed by atoms with Crippen LogP contribution in [0.3, 0.4) is 0 Å². The van der Waals surface area contributed by atoms with E-state index in [0.29, 0.717) is 16.6 Å². The van der Waals surface area contributed by atoms with Gasteiger partial charge in [0.1, 0.15) is 0 Å². The number of hydrogen-bond donors (Lipinski definition) is 1.